The Morgan fingerprint density at radius 1 is 1.53 bits per heavy atom. The Morgan fingerprint density at radius 3 is 2.53 bits per heavy atom. The Morgan fingerprint density at radius 2 is 2.12 bits per heavy atom. The van der Waals surface area contributed by atoms with Crippen molar-refractivity contribution in [2.24, 2.45) is 0 Å². The maximum atomic E-state index is 11.5. The van der Waals surface area contributed by atoms with Gasteiger partial charge in [-0.3, -0.25) is 5.32 Å². The largest absolute Gasteiger partial charge is 0.480 e. The summed E-state index contributed by atoms with van der Waals surface area (Å²) in [6, 6.07) is 7.33. The van der Waals surface area contributed by atoms with Crippen LogP contribution in [0, 0.1) is 0 Å². The van der Waals surface area contributed by atoms with Crippen molar-refractivity contribution in [3.63, 3.8) is 0 Å². The van der Waals surface area contributed by atoms with Crippen LogP contribution in [0.5, 0.6) is 0 Å². The maximum absolute atomic E-state index is 11.5. The molecule has 0 aliphatic heterocycles. The van der Waals surface area contributed by atoms with Gasteiger partial charge in [-0.1, -0.05) is 41.1 Å². The smallest absolute Gasteiger partial charge is 0.328 e. The second kappa shape index (κ2) is 5.98. The molecule has 1 aromatic rings. The van der Waals surface area contributed by atoms with Crippen molar-refractivity contribution in [3.8, 4) is 0 Å². The number of carboxylic acids is 1. The summed E-state index contributed by atoms with van der Waals surface area (Å²) in [5, 5.41) is 12.5. The monoisotopic (exact) mass is 297 g/mol. The number of rotatable bonds is 6. The van der Waals surface area contributed by atoms with Gasteiger partial charge in [0, 0.05) is 11.0 Å². The van der Waals surface area contributed by atoms with Gasteiger partial charge >= 0.3 is 5.97 Å². The van der Waals surface area contributed by atoms with Crippen molar-refractivity contribution >= 4 is 21.9 Å². The summed E-state index contributed by atoms with van der Waals surface area (Å²) in [6.45, 7) is 5.91. The zero-order valence-electron chi connectivity index (χ0n) is 9.74. The van der Waals surface area contributed by atoms with Gasteiger partial charge in [0.05, 0.1) is 0 Å². The second-order valence-electron chi connectivity index (χ2n) is 3.74. The molecule has 1 aromatic carbocycles. The Balaban J connectivity index is 3.16. The zero-order valence-corrected chi connectivity index (χ0v) is 11.3. The first kappa shape index (κ1) is 13.9. The van der Waals surface area contributed by atoms with Crippen LogP contribution >= 0.6 is 15.9 Å². The van der Waals surface area contributed by atoms with Gasteiger partial charge in [0.15, 0.2) is 0 Å². The molecule has 0 radical (unpaired) electrons. The summed E-state index contributed by atoms with van der Waals surface area (Å²) >= 11 is 3.34. The normalized spacial score (nSPS) is 14.0. The molecule has 17 heavy (non-hydrogen) atoms. The molecule has 0 saturated heterocycles. The molecule has 0 fully saturated rings. The minimum atomic E-state index is -1.05. The van der Waals surface area contributed by atoms with Crippen molar-refractivity contribution in [1.29, 1.82) is 0 Å². The van der Waals surface area contributed by atoms with Gasteiger partial charge in [-0.15, -0.1) is 6.58 Å². The highest BCUT2D eigenvalue weighted by Crippen LogP contribution is 2.26. The molecule has 4 heteroatoms. The molecule has 0 amide bonds. The van der Waals surface area contributed by atoms with E-state index in [1.807, 2.05) is 31.2 Å². The number of hydrogen-bond acceptors (Lipinski definition) is 2. The third-order valence-corrected chi connectivity index (χ3v) is 3.31. The molecular formula is C13H16BrNO2. The summed E-state index contributed by atoms with van der Waals surface area (Å²) < 4.78 is 0.931. The number of benzene rings is 1. The number of aliphatic carboxylic acids is 1. The van der Waals surface area contributed by atoms with Crippen molar-refractivity contribution in [2.45, 2.75) is 18.9 Å². The zero-order chi connectivity index (χ0) is 12.9. The van der Waals surface area contributed by atoms with Gasteiger partial charge < -0.3 is 5.11 Å². The first-order valence-electron chi connectivity index (χ1n) is 5.42. The number of halogens is 1. The summed E-state index contributed by atoms with van der Waals surface area (Å²) in [4.78, 5) is 11.5. The molecule has 1 rings (SSSR count). The molecule has 0 heterocycles. The van der Waals surface area contributed by atoms with Gasteiger partial charge in [-0.05, 0) is 24.1 Å². The molecule has 1 unspecified atom stereocenters. The molecular weight excluding hydrogens is 282 g/mol. The van der Waals surface area contributed by atoms with E-state index in [4.69, 9.17) is 0 Å². The molecule has 0 saturated carbocycles. The highest BCUT2D eigenvalue weighted by atomic mass is 79.9. The molecule has 0 spiro atoms. The number of carbonyl (C=O) groups is 1. The average Bonchev–Trinajstić information content (AvgIpc) is 2.32. The summed E-state index contributed by atoms with van der Waals surface area (Å²) in [7, 11) is 0. The fourth-order valence-corrected chi connectivity index (χ4v) is 2.03. The third kappa shape index (κ3) is 2.96. The molecule has 1 atom stereocenters. The van der Waals surface area contributed by atoms with Crippen molar-refractivity contribution in [1.82, 2.24) is 5.32 Å². The van der Waals surface area contributed by atoms with E-state index >= 15 is 0 Å². The van der Waals surface area contributed by atoms with Gasteiger partial charge in [0.2, 0.25) is 0 Å². The average molecular weight is 298 g/mol. The Labute approximate surface area is 110 Å². The van der Waals surface area contributed by atoms with E-state index in [2.05, 4.69) is 27.8 Å². The lowest BCUT2D eigenvalue weighted by Crippen LogP contribution is -2.48. The number of nitrogens with one attached hydrogen (secondary N) is 1. The first-order chi connectivity index (χ1) is 8.06. The Kier molecular flexibility index (Phi) is 4.90. The topological polar surface area (TPSA) is 49.3 Å². The van der Waals surface area contributed by atoms with Crippen LogP contribution in [-0.4, -0.2) is 17.6 Å². The quantitative estimate of drug-likeness (QED) is 0.794. The molecule has 0 aliphatic carbocycles. The Bertz CT molecular complexity index is 402. The summed E-state index contributed by atoms with van der Waals surface area (Å²) in [6.07, 6.45) is 2.13. The van der Waals surface area contributed by atoms with Gasteiger partial charge in [0.25, 0.3) is 0 Å². The fourth-order valence-electron chi connectivity index (χ4n) is 1.76. The van der Waals surface area contributed by atoms with Gasteiger partial charge in [-0.2, -0.15) is 0 Å². The lowest BCUT2D eigenvalue weighted by atomic mass is 9.87. The van der Waals surface area contributed by atoms with Gasteiger partial charge in [-0.25, -0.2) is 4.79 Å². The van der Waals surface area contributed by atoms with Crippen LogP contribution in [0.25, 0.3) is 0 Å². The molecule has 92 valence electrons. The van der Waals surface area contributed by atoms with Crippen LogP contribution in [-0.2, 0) is 10.3 Å². The standard InChI is InChI=1S/C13H16BrNO2/c1-3-9-15-13(4-2,12(16)17)10-5-7-11(14)8-6-10/h3,5-8,15H,1,4,9H2,2H3,(H,16,17). The minimum Gasteiger partial charge on any atom is -0.480 e. The van der Waals surface area contributed by atoms with E-state index < -0.39 is 11.5 Å². The highest BCUT2D eigenvalue weighted by molar-refractivity contribution is 9.10. The second-order valence-corrected chi connectivity index (χ2v) is 4.66. The van der Waals surface area contributed by atoms with E-state index in [9.17, 15) is 9.90 Å². The number of hydrogen-bond donors (Lipinski definition) is 2. The van der Waals surface area contributed by atoms with E-state index in [-0.39, 0.29) is 0 Å². The van der Waals surface area contributed by atoms with E-state index in [1.54, 1.807) is 6.08 Å². The van der Waals surface area contributed by atoms with Crippen LogP contribution in [0.3, 0.4) is 0 Å². The lowest BCUT2D eigenvalue weighted by Gasteiger charge is -2.29. The van der Waals surface area contributed by atoms with E-state index in [1.165, 1.54) is 0 Å². The fraction of sp³-hybridized carbons (Fsp3) is 0.308. The van der Waals surface area contributed by atoms with Crippen LogP contribution < -0.4 is 5.32 Å². The van der Waals surface area contributed by atoms with E-state index in [0.717, 1.165) is 10.0 Å². The summed E-state index contributed by atoms with van der Waals surface area (Å²) in [5.74, 6) is -0.871. The van der Waals surface area contributed by atoms with E-state index in [0.29, 0.717) is 13.0 Å². The predicted octanol–water partition coefficient (Wildman–Crippen LogP) is 2.91. The van der Waals surface area contributed by atoms with Crippen molar-refractivity contribution in [2.75, 3.05) is 6.54 Å². The molecule has 2 N–H and O–H groups in total. The van der Waals surface area contributed by atoms with Crippen LogP contribution in [0.4, 0.5) is 0 Å². The SMILES string of the molecule is C=CCNC(CC)(C(=O)O)c1ccc(Br)cc1. The van der Waals surface area contributed by atoms with Crippen LogP contribution in [0.2, 0.25) is 0 Å². The highest BCUT2D eigenvalue weighted by Gasteiger charge is 2.37. The Hall–Kier alpha value is -1.13. The predicted molar refractivity (Wildman–Crippen MR) is 71.9 cm³/mol. The van der Waals surface area contributed by atoms with Crippen molar-refractivity contribution < 1.29 is 9.90 Å². The summed E-state index contributed by atoms with van der Waals surface area (Å²) in [5.41, 5.74) is -0.299. The molecule has 0 aliphatic rings. The molecule has 0 aromatic heterocycles. The third-order valence-electron chi connectivity index (χ3n) is 2.78. The first-order valence-corrected chi connectivity index (χ1v) is 6.21. The lowest BCUT2D eigenvalue weighted by molar-refractivity contribution is -0.145. The molecule has 0 bridgehead atoms. The van der Waals surface area contributed by atoms with Gasteiger partial charge in [0.1, 0.15) is 5.54 Å². The maximum Gasteiger partial charge on any atom is 0.328 e. The number of carboxylic acid groups (broad SMARTS) is 1. The molecule has 3 nitrogen and oxygen atoms in total. The van der Waals surface area contributed by atoms with Crippen LogP contribution in [0.1, 0.15) is 18.9 Å². The van der Waals surface area contributed by atoms with Crippen LogP contribution in [0.15, 0.2) is 41.4 Å². The van der Waals surface area contributed by atoms with Crippen molar-refractivity contribution in [3.05, 3.63) is 47.0 Å². The minimum absolute atomic E-state index is 0.455.